The average molecular weight is 224 g/mol. The number of anilines is 2. The Morgan fingerprint density at radius 1 is 1.62 bits per heavy atom. The Hall–Kier alpha value is -1.85. The third-order valence-electron chi connectivity index (χ3n) is 2.07. The topological polar surface area (TPSA) is 78.4 Å². The fourth-order valence-electron chi connectivity index (χ4n) is 1.16. The van der Waals surface area contributed by atoms with Crippen molar-refractivity contribution >= 4 is 17.7 Å². The smallest absolute Gasteiger partial charge is 0.326 e. The van der Waals surface area contributed by atoms with E-state index in [-0.39, 0.29) is 0 Å². The second-order valence-corrected chi connectivity index (χ2v) is 3.58. The number of hydrogen-bond acceptors (Lipinski definition) is 5. The van der Waals surface area contributed by atoms with Crippen molar-refractivity contribution in [1.82, 2.24) is 9.97 Å². The molecule has 0 aliphatic carbocycles. The predicted molar refractivity (Wildman–Crippen MR) is 61.7 cm³/mol. The summed E-state index contributed by atoms with van der Waals surface area (Å²) in [6.45, 7) is 1.81. The summed E-state index contributed by atoms with van der Waals surface area (Å²) in [4.78, 5) is 20.8. The maximum atomic E-state index is 10.8. The number of carbonyl (C=O) groups is 1. The molecule has 1 heterocycles. The lowest BCUT2D eigenvalue weighted by molar-refractivity contribution is -0.137. The molecule has 0 aliphatic rings. The van der Waals surface area contributed by atoms with Crippen LogP contribution >= 0.6 is 0 Å². The van der Waals surface area contributed by atoms with Crippen molar-refractivity contribution < 1.29 is 9.90 Å². The van der Waals surface area contributed by atoms with Gasteiger partial charge in [-0.3, -0.25) is 0 Å². The standard InChI is InChI=1S/C10H16N4O2/c1-4-7(9(15)16)12-8-5-6-11-10(13-8)14(2)3/h5-7H,4H2,1-3H3,(H,15,16)(H,11,12,13). The van der Waals surface area contributed by atoms with Crippen molar-refractivity contribution in [2.75, 3.05) is 24.3 Å². The number of carboxylic acid groups (broad SMARTS) is 1. The Morgan fingerprint density at radius 2 is 2.31 bits per heavy atom. The fraction of sp³-hybridized carbons (Fsp3) is 0.500. The van der Waals surface area contributed by atoms with Crippen molar-refractivity contribution in [3.8, 4) is 0 Å². The molecule has 16 heavy (non-hydrogen) atoms. The fourth-order valence-corrected chi connectivity index (χ4v) is 1.16. The highest BCUT2D eigenvalue weighted by molar-refractivity contribution is 5.76. The summed E-state index contributed by atoms with van der Waals surface area (Å²) in [5, 5.41) is 11.7. The van der Waals surface area contributed by atoms with Gasteiger partial charge in [-0.2, -0.15) is 4.98 Å². The first-order valence-corrected chi connectivity index (χ1v) is 5.04. The highest BCUT2D eigenvalue weighted by Gasteiger charge is 2.15. The van der Waals surface area contributed by atoms with Crippen LogP contribution in [0.5, 0.6) is 0 Å². The molecule has 0 amide bonds. The van der Waals surface area contributed by atoms with Gasteiger partial charge in [0.15, 0.2) is 0 Å². The zero-order valence-electron chi connectivity index (χ0n) is 9.64. The lowest BCUT2D eigenvalue weighted by atomic mass is 10.2. The third kappa shape index (κ3) is 3.08. The first-order valence-electron chi connectivity index (χ1n) is 5.04. The van der Waals surface area contributed by atoms with Gasteiger partial charge in [-0.15, -0.1) is 0 Å². The summed E-state index contributed by atoms with van der Waals surface area (Å²) < 4.78 is 0. The van der Waals surface area contributed by atoms with Gasteiger partial charge in [-0.25, -0.2) is 9.78 Å². The lowest BCUT2D eigenvalue weighted by Gasteiger charge is -2.15. The van der Waals surface area contributed by atoms with E-state index in [0.717, 1.165) is 0 Å². The Balaban J connectivity index is 2.80. The summed E-state index contributed by atoms with van der Waals surface area (Å²) >= 11 is 0. The second kappa shape index (κ2) is 5.29. The Kier molecular flexibility index (Phi) is 4.04. The zero-order chi connectivity index (χ0) is 12.1. The molecule has 0 spiro atoms. The number of rotatable bonds is 5. The van der Waals surface area contributed by atoms with Gasteiger partial charge >= 0.3 is 5.97 Å². The summed E-state index contributed by atoms with van der Waals surface area (Å²) in [5.41, 5.74) is 0. The van der Waals surface area contributed by atoms with Crippen LogP contribution in [-0.2, 0) is 4.79 Å². The monoisotopic (exact) mass is 224 g/mol. The van der Waals surface area contributed by atoms with Crippen LogP contribution in [0.2, 0.25) is 0 Å². The molecule has 1 atom stereocenters. The molecule has 2 N–H and O–H groups in total. The van der Waals surface area contributed by atoms with E-state index in [9.17, 15) is 4.79 Å². The minimum atomic E-state index is -0.882. The number of aliphatic carboxylic acids is 1. The number of nitrogens with one attached hydrogen (secondary N) is 1. The summed E-state index contributed by atoms with van der Waals surface area (Å²) in [6, 6.07) is 1.03. The van der Waals surface area contributed by atoms with Gasteiger partial charge < -0.3 is 15.3 Å². The van der Waals surface area contributed by atoms with Gasteiger partial charge in [0.25, 0.3) is 0 Å². The molecule has 0 radical (unpaired) electrons. The first-order chi connectivity index (χ1) is 7.54. The second-order valence-electron chi connectivity index (χ2n) is 3.58. The molecular weight excluding hydrogens is 208 g/mol. The van der Waals surface area contributed by atoms with Gasteiger partial charge in [0.2, 0.25) is 5.95 Å². The van der Waals surface area contributed by atoms with E-state index < -0.39 is 12.0 Å². The van der Waals surface area contributed by atoms with Crippen LogP contribution in [0.4, 0.5) is 11.8 Å². The van der Waals surface area contributed by atoms with Gasteiger partial charge in [0.1, 0.15) is 11.9 Å². The van der Waals surface area contributed by atoms with Crippen molar-refractivity contribution in [3.63, 3.8) is 0 Å². The van der Waals surface area contributed by atoms with E-state index in [0.29, 0.717) is 18.2 Å². The van der Waals surface area contributed by atoms with Gasteiger partial charge in [0.05, 0.1) is 0 Å². The number of carboxylic acids is 1. The van der Waals surface area contributed by atoms with Crippen LogP contribution in [0.15, 0.2) is 12.3 Å². The summed E-state index contributed by atoms with van der Waals surface area (Å²) in [7, 11) is 3.65. The molecule has 1 aromatic rings. The largest absolute Gasteiger partial charge is 0.480 e. The maximum absolute atomic E-state index is 10.8. The molecule has 88 valence electrons. The highest BCUT2D eigenvalue weighted by atomic mass is 16.4. The van der Waals surface area contributed by atoms with Crippen molar-refractivity contribution in [2.45, 2.75) is 19.4 Å². The Morgan fingerprint density at radius 3 is 2.81 bits per heavy atom. The van der Waals surface area contributed by atoms with Crippen molar-refractivity contribution in [1.29, 1.82) is 0 Å². The van der Waals surface area contributed by atoms with Gasteiger partial charge in [-0.1, -0.05) is 6.92 Å². The van der Waals surface area contributed by atoms with Crippen LogP contribution in [-0.4, -0.2) is 41.2 Å². The van der Waals surface area contributed by atoms with Crippen LogP contribution in [0.1, 0.15) is 13.3 Å². The van der Waals surface area contributed by atoms with Crippen molar-refractivity contribution in [2.24, 2.45) is 0 Å². The molecule has 0 saturated carbocycles. The highest BCUT2D eigenvalue weighted by Crippen LogP contribution is 2.10. The molecule has 0 aromatic carbocycles. The molecule has 0 saturated heterocycles. The van der Waals surface area contributed by atoms with E-state index >= 15 is 0 Å². The Labute approximate surface area is 94.3 Å². The van der Waals surface area contributed by atoms with Crippen molar-refractivity contribution in [3.05, 3.63) is 12.3 Å². The SMILES string of the molecule is CCC(Nc1ccnc(N(C)C)n1)C(=O)O. The molecule has 0 aliphatic heterocycles. The number of hydrogen-bond donors (Lipinski definition) is 2. The molecule has 6 heteroatoms. The molecule has 0 fully saturated rings. The van der Waals surface area contributed by atoms with E-state index in [2.05, 4.69) is 15.3 Å². The van der Waals surface area contributed by atoms with E-state index in [1.54, 1.807) is 24.1 Å². The van der Waals surface area contributed by atoms with Crippen LogP contribution < -0.4 is 10.2 Å². The van der Waals surface area contributed by atoms with Crippen LogP contribution in [0.25, 0.3) is 0 Å². The number of nitrogens with zero attached hydrogens (tertiary/aromatic N) is 3. The van der Waals surface area contributed by atoms with Crippen LogP contribution in [0.3, 0.4) is 0 Å². The van der Waals surface area contributed by atoms with E-state index in [4.69, 9.17) is 5.11 Å². The number of aromatic nitrogens is 2. The molecular formula is C10H16N4O2. The van der Waals surface area contributed by atoms with Gasteiger partial charge in [-0.05, 0) is 12.5 Å². The quantitative estimate of drug-likeness (QED) is 0.771. The van der Waals surface area contributed by atoms with E-state index in [1.807, 2.05) is 14.1 Å². The third-order valence-corrected chi connectivity index (χ3v) is 2.07. The summed E-state index contributed by atoms with van der Waals surface area (Å²) in [6.07, 6.45) is 2.09. The van der Waals surface area contributed by atoms with E-state index in [1.165, 1.54) is 0 Å². The summed E-state index contributed by atoms with van der Waals surface area (Å²) in [5.74, 6) is 0.186. The normalized spacial score (nSPS) is 11.9. The lowest BCUT2D eigenvalue weighted by Crippen LogP contribution is -2.29. The maximum Gasteiger partial charge on any atom is 0.326 e. The molecule has 0 bridgehead atoms. The first kappa shape index (κ1) is 12.2. The van der Waals surface area contributed by atoms with Gasteiger partial charge in [0, 0.05) is 20.3 Å². The average Bonchev–Trinajstić information content (AvgIpc) is 2.25. The molecule has 6 nitrogen and oxygen atoms in total. The van der Waals surface area contributed by atoms with Crippen LogP contribution in [0, 0.1) is 0 Å². The minimum Gasteiger partial charge on any atom is -0.480 e. The molecule has 1 rings (SSSR count). The zero-order valence-corrected chi connectivity index (χ0v) is 9.64. The molecule has 1 aromatic heterocycles. The predicted octanol–water partition coefficient (Wildman–Crippen LogP) is 0.818. The molecule has 1 unspecified atom stereocenters. The minimum absolute atomic E-state index is 0.497. The Bertz CT molecular complexity index is 368.